The number of hydrogen-bond acceptors (Lipinski definition) is 3. The summed E-state index contributed by atoms with van der Waals surface area (Å²) in [7, 11) is 0. The highest BCUT2D eigenvalue weighted by Crippen LogP contribution is 2.37. The summed E-state index contributed by atoms with van der Waals surface area (Å²) < 4.78 is 0. The number of H-pyrrole nitrogens is 1. The van der Waals surface area contributed by atoms with Crippen molar-refractivity contribution < 1.29 is 4.79 Å². The molecule has 1 heterocycles. The minimum Gasteiger partial charge on any atom is -0.360 e. The molecule has 0 atom stereocenters. The number of aromatic nitrogens is 1. The standard InChI is InChI=1S/C29H28N4O/c1-18-2-6-20(7-3-18)25-15-28-26(14-24(25)21-8-4-19(16-30)5-9-21)27(17-32-28)29(34)33-23-12-10-22(31)11-13-23/h2-9,14-15,17,22-23,32H,10-13,31H2,1H3,(H,33,34). The molecule has 1 saturated carbocycles. The third-order valence-electron chi connectivity index (χ3n) is 6.86. The van der Waals surface area contributed by atoms with E-state index >= 15 is 0 Å². The molecule has 4 aromatic rings. The van der Waals surface area contributed by atoms with Crippen molar-refractivity contribution in [2.45, 2.75) is 44.7 Å². The molecule has 1 aromatic heterocycles. The maximum absolute atomic E-state index is 13.2. The van der Waals surface area contributed by atoms with Crippen LogP contribution in [0, 0.1) is 18.3 Å². The van der Waals surface area contributed by atoms with Crippen LogP contribution in [0.5, 0.6) is 0 Å². The number of nitrogens with zero attached hydrogens (tertiary/aromatic N) is 1. The number of hydrogen-bond donors (Lipinski definition) is 3. The summed E-state index contributed by atoms with van der Waals surface area (Å²) in [6.07, 6.45) is 5.53. The Morgan fingerprint density at radius 2 is 1.59 bits per heavy atom. The second kappa shape index (κ2) is 9.17. The number of nitrogens with one attached hydrogen (secondary N) is 2. The maximum atomic E-state index is 13.2. The predicted octanol–water partition coefficient (Wildman–Crippen LogP) is 5.68. The molecule has 5 nitrogen and oxygen atoms in total. The number of fused-ring (bicyclic) bond motifs is 1. The van der Waals surface area contributed by atoms with Gasteiger partial charge in [0.2, 0.25) is 0 Å². The molecule has 3 aromatic carbocycles. The van der Waals surface area contributed by atoms with Crippen LogP contribution < -0.4 is 11.1 Å². The molecular formula is C29H28N4O. The lowest BCUT2D eigenvalue weighted by Gasteiger charge is -2.26. The molecule has 0 aliphatic heterocycles. The third-order valence-corrected chi connectivity index (χ3v) is 6.86. The highest BCUT2D eigenvalue weighted by atomic mass is 16.1. The van der Waals surface area contributed by atoms with Crippen LogP contribution in [-0.4, -0.2) is 23.0 Å². The Kier molecular flexibility index (Phi) is 5.91. The average molecular weight is 449 g/mol. The SMILES string of the molecule is Cc1ccc(-c2cc3[nH]cc(C(=O)NC4CCC(N)CC4)c3cc2-c2ccc(C#N)cc2)cc1. The summed E-state index contributed by atoms with van der Waals surface area (Å²) in [5, 5.41) is 13.3. The number of amides is 1. The first kappa shape index (κ1) is 21.9. The van der Waals surface area contributed by atoms with E-state index in [0.29, 0.717) is 11.1 Å². The van der Waals surface area contributed by atoms with E-state index in [2.05, 4.69) is 59.7 Å². The summed E-state index contributed by atoms with van der Waals surface area (Å²) >= 11 is 0. The molecule has 0 saturated heterocycles. The van der Waals surface area contributed by atoms with Gasteiger partial charge in [0.25, 0.3) is 5.91 Å². The van der Waals surface area contributed by atoms with E-state index in [1.54, 1.807) is 6.20 Å². The zero-order valence-electron chi connectivity index (χ0n) is 19.3. The highest BCUT2D eigenvalue weighted by molar-refractivity contribution is 6.09. The minimum atomic E-state index is -0.0550. The molecule has 1 fully saturated rings. The zero-order chi connectivity index (χ0) is 23.7. The van der Waals surface area contributed by atoms with Crippen molar-refractivity contribution in [2.75, 3.05) is 0 Å². The van der Waals surface area contributed by atoms with Crippen LogP contribution in [-0.2, 0) is 0 Å². The van der Waals surface area contributed by atoms with Gasteiger partial charge in [-0.05, 0) is 79.1 Å². The van der Waals surface area contributed by atoms with Crippen molar-refractivity contribution in [2.24, 2.45) is 5.73 Å². The minimum absolute atomic E-state index is 0.0550. The number of benzene rings is 3. The van der Waals surface area contributed by atoms with Gasteiger partial charge < -0.3 is 16.0 Å². The van der Waals surface area contributed by atoms with Crippen LogP contribution in [0.1, 0.15) is 47.2 Å². The van der Waals surface area contributed by atoms with Gasteiger partial charge in [-0.1, -0.05) is 42.0 Å². The van der Waals surface area contributed by atoms with E-state index < -0.39 is 0 Å². The van der Waals surface area contributed by atoms with Crippen molar-refractivity contribution in [3.63, 3.8) is 0 Å². The highest BCUT2D eigenvalue weighted by Gasteiger charge is 2.22. The maximum Gasteiger partial charge on any atom is 0.253 e. The van der Waals surface area contributed by atoms with Crippen LogP contribution in [0.2, 0.25) is 0 Å². The van der Waals surface area contributed by atoms with E-state index in [-0.39, 0.29) is 18.0 Å². The van der Waals surface area contributed by atoms with E-state index in [0.717, 1.165) is 58.8 Å². The molecule has 0 bridgehead atoms. The molecule has 0 spiro atoms. The Labute approximate surface area is 199 Å². The second-order valence-electron chi connectivity index (χ2n) is 9.29. The van der Waals surface area contributed by atoms with Gasteiger partial charge in [0, 0.05) is 29.2 Å². The summed E-state index contributed by atoms with van der Waals surface area (Å²) in [4.78, 5) is 16.5. The fraction of sp³-hybridized carbons (Fsp3) is 0.241. The van der Waals surface area contributed by atoms with Gasteiger partial charge in [-0.25, -0.2) is 0 Å². The Bertz CT molecular complexity index is 1370. The number of aromatic amines is 1. The number of rotatable bonds is 4. The van der Waals surface area contributed by atoms with Crippen molar-refractivity contribution in [1.82, 2.24) is 10.3 Å². The molecule has 34 heavy (non-hydrogen) atoms. The lowest BCUT2D eigenvalue weighted by atomic mass is 9.91. The zero-order valence-corrected chi connectivity index (χ0v) is 19.3. The van der Waals surface area contributed by atoms with Gasteiger partial charge in [0.1, 0.15) is 0 Å². The predicted molar refractivity (Wildman–Crippen MR) is 136 cm³/mol. The fourth-order valence-electron chi connectivity index (χ4n) is 4.82. The summed E-state index contributed by atoms with van der Waals surface area (Å²) in [5.74, 6) is -0.0550. The average Bonchev–Trinajstić information content (AvgIpc) is 3.28. The lowest BCUT2D eigenvalue weighted by Crippen LogP contribution is -2.40. The molecule has 0 radical (unpaired) electrons. The number of nitriles is 1. The molecular weight excluding hydrogens is 420 g/mol. The van der Waals surface area contributed by atoms with E-state index in [4.69, 9.17) is 5.73 Å². The van der Waals surface area contributed by atoms with Gasteiger partial charge in [-0.3, -0.25) is 4.79 Å². The Balaban J connectivity index is 1.57. The first-order valence-corrected chi connectivity index (χ1v) is 11.8. The first-order chi connectivity index (χ1) is 16.5. The van der Waals surface area contributed by atoms with Gasteiger partial charge in [0.15, 0.2) is 0 Å². The molecule has 170 valence electrons. The summed E-state index contributed by atoms with van der Waals surface area (Å²) in [6.45, 7) is 2.07. The van der Waals surface area contributed by atoms with E-state index in [1.165, 1.54) is 5.56 Å². The normalized spacial score (nSPS) is 17.9. The van der Waals surface area contributed by atoms with Gasteiger partial charge in [0.05, 0.1) is 17.2 Å². The molecule has 5 heteroatoms. The number of nitrogens with two attached hydrogens (primary N) is 1. The second-order valence-corrected chi connectivity index (χ2v) is 9.29. The van der Waals surface area contributed by atoms with Gasteiger partial charge >= 0.3 is 0 Å². The Morgan fingerprint density at radius 1 is 0.971 bits per heavy atom. The number of carbonyl (C=O) groups is 1. The number of carbonyl (C=O) groups excluding carboxylic acids is 1. The monoisotopic (exact) mass is 448 g/mol. The Morgan fingerprint density at radius 3 is 2.24 bits per heavy atom. The van der Waals surface area contributed by atoms with Crippen LogP contribution in [0.15, 0.2) is 66.9 Å². The van der Waals surface area contributed by atoms with Crippen molar-refractivity contribution >= 4 is 16.8 Å². The van der Waals surface area contributed by atoms with Crippen LogP contribution in [0.25, 0.3) is 33.2 Å². The van der Waals surface area contributed by atoms with Crippen LogP contribution in [0.3, 0.4) is 0 Å². The third kappa shape index (κ3) is 4.33. The largest absolute Gasteiger partial charge is 0.360 e. The smallest absolute Gasteiger partial charge is 0.253 e. The lowest BCUT2D eigenvalue weighted by molar-refractivity contribution is 0.0927. The molecule has 4 N–H and O–H groups in total. The first-order valence-electron chi connectivity index (χ1n) is 11.8. The van der Waals surface area contributed by atoms with Crippen molar-refractivity contribution in [3.05, 3.63) is 83.6 Å². The molecule has 1 amide bonds. The van der Waals surface area contributed by atoms with E-state index in [1.807, 2.05) is 24.3 Å². The molecule has 5 rings (SSSR count). The summed E-state index contributed by atoms with van der Waals surface area (Å²) in [5.41, 5.74) is 13.6. The van der Waals surface area contributed by atoms with Gasteiger partial charge in [-0.15, -0.1) is 0 Å². The number of aryl methyl sites for hydroxylation is 1. The van der Waals surface area contributed by atoms with Crippen LogP contribution >= 0.6 is 0 Å². The molecule has 0 unspecified atom stereocenters. The topological polar surface area (TPSA) is 94.7 Å². The molecule has 1 aliphatic carbocycles. The quantitative estimate of drug-likeness (QED) is 0.375. The van der Waals surface area contributed by atoms with Crippen LogP contribution in [0.4, 0.5) is 0 Å². The molecule has 1 aliphatic rings. The van der Waals surface area contributed by atoms with Crippen molar-refractivity contribution in [3.8, 4) is 28.3 Å². The van der Waals surface area contributed by atoms with E-state index in [9.17, 15) is 10.1 Å². The van der Waals surface area contributed by atoms with Crippen molar-refractivity contribution in [1.29, 1.82) is 5.26 Å². The van der Waals surface area contributed by atoms with Gasteiger partial charge in [-0.2, -0.15) is 5.26 Å². The Hall–Kier alpha value is -3.88. The summed E-state index contributed by atoms with van der Waals surface area (Å²) in [6, 6.07) is 22.8. The fourth-order valence-corrected chi connectivity index (χ4v) is 4.82.